The quantitative estimate of drug-likeness (QED) is 0.544. The van der Waals surface area contributed by atoms with Crippen molar-refractivity contribution in [3.8, 4) is 0 Å². The van der Waals surface area contributed by atoms with Crippen molar-refractivity contribution in [3.05, 3.63) is 0 Å². The fourth-order valence-corrected chi connectivity index (χ4v) is 1.86. The van der Waals surface area contributed by atoms with Gasteiger partial charge in [-0.2, -0.15) is 0 Å². The first kappa shape index (κ1) is 14.3. The largest absolute Gasteiger partial charge is 0.370 e. The normalized spacial score (nSPS) is 14.8. The molecule has 90 valence electrons. The molecule has 15 heavy (non-hydrogen) atoms. The fraction of sp³-hybridized carbons (Fsp3) is 0.917. The van der Waals surface area contributed by atoms with Crippen molar-refractivity contribution in [2.75, 3.05) is 0 Å². The van der Waals surface area contributed by atoms with Crippen molar-refractivity contribution >= 4 is 5.96 Å². The Morgan fingerprint density at radius 3 is 2.00 bits per heavy atom. The van der Waals surface area contributed by atoms with Gasteiger partial charge in [0.15, 0.2) is 5.96 Å². The van der Waals surface area contributed by atoms with Crippen molar-refractivity contribution in [2.45, 2.75) is 59.9 Å². The van der Waals surface area contributed by atoms with E-state index in [1.165, 1.54) is 12.8 Å². The summed E-state index contributed by atoms with van der Waals surface area (Å²) in [6.07, 6.45) is 2.40. The number of nitrogens with two attached hydrogens (primary N) is 2. The highest BCUT2D eigenvalue weighted by molar-refractivity contribution is 5.76. The molecule has 0 aromatic heterocycles. The second kappa shape index (κ2) is 4.86. The van der Waals surface area contributed by atoms with E-state index in [0.29, 0.717) is 5.92 Å². The van der Waals surface area contributed by atoms with Crippen LogP contribution in [0.15, 0.2) is 4.99 Å². The number of aliphatic imine (C=N–C) groups is 1. The van der Waals surface area contributed by atoms with Gasteiger partial charge in [0.25, 0.3) is 0 Å². The SMILES string of the molecule is CCCC(C)C(C)(C)C(C)(C)N=C(N)N. The highest BCUT2D eigenvalue weighted by atomic mass is 15.0. The van der Waals surface area contributed by atoms with E-state index in [4.69, 9.17) is 11.5 Å². The molecule has 0 radical (unpaired) electrons. The molecule has 4 N–H and O–H groups in total. The molecular weight excluding hydrogens is 186 g/mol. The number of guanidine groups is 1. The Morgan fingerprint density at radius 1 is 1.20 bits per heavy atom. The number of hydrogen-bond acceptors (Lipinski definition) is 1. The first-order chi connectivity index (χ1) is 6.65. The van der Waals surface area contributed by atoms with Crippen LogP contribution in [-0.4, -0.2) is 11.5 Å². The molecule has 3 heteroatoms. The third kappa shape index (κ3) is 3.40. The van der Waals surface area contributed by atoms with Crippen molar-refractivity contribution < 1.29 is 0 Å². The van der Waals surface area contributed by atoms with Crippen LogP contribution < -0.4 is 11.5 Å². The van der Waals surface area contributed by atoms with Crippen LogP contribution >= 0.6 is 0 Å². The number of nitrogens with zero attached hydrogens (tertiary/aromatic N) is 1. The Bertz CT molecular complexity index is 225. The molecule has 0 saturated carbocycles. The Kier molecular flexibility index (Phi) is 4.63. The second-order valence-corrected chi connectivity index (χ2v) is 5.51. The molecule has 0 rings (SSSR count). The maximum absolute atomic E-state index is 5.48. The van der Waals surface area contributed by atoms with Gasteiger partial charge in [-0.1, -0.05) is 40.5 Å². The predicted molar refractivity (Wildman–Crippen MR) is 67.7 cm³/mol. The summed E-state index contributed by atoms with van der Waals surface area (Å²) in [6.45, 7) is 13.1. The molecule has 0 aliphatic rings. The predicted octanol–water partition coefficient (Wildman–Crippen LogP) is 2.50. The summed E-state index contributed by atoms with van der Waals surface area (Å²) in [6, 6.07) is 0. The van der Waals surface area contributed by atoms with Crippen molar-refractivity contribution in [1.82, 2.24) is 0 Å². The Balaban J connectivity index is 4.91. The minimum atomic E-state index is -0.222. The van der Waals surface area contributed by atoms with Gasteiger partial charge in [-0.15, -0.1) is 0 Å². The van der Waals surface area contributed by atoms with Crippen LogP contribution in [0.1, 0.15) is 54.4 Å². The summed E-state index contributed by atoms with van der Waals surface area (Å²) >= 11 is 0. The third-order valence-corrected chi connectivity index (χ3v) is 3.94. The van der Waals surface area contributed by atoms with Gasteiger partial charge < -0.3 is 11.5 Å². The van der Waals surface area contributed by atoms with Gasteiger partial charge >= 0.3 is 0 Å². The Hall–Kier alpha value is -0.730. The van der Waals surface area contributed by atoms with E-state index in [1.807, 2.05) is 0 Å². The monoisotopic (exact) mass is 213 g/mol. The van der Waals surface area contributed by atoms with E-state index in [2.05, 4.69) is 46.5 Å². The fourth-order valence-electron chi connectivity index (χ4n) is 1.86. The zero-order chi connectivity index (χ0) is 12.3. The van der Waals surface area contributed by atoms with Crippen LogP contribution in [0.5, 0.6) is 0 Å². The lowest BCUT2D eigenvalue weighted by atomic mass is 9.65. The van der Waals surface area contributed by atoms with E-state index in [0.717, 1.165) is 0 Å². The van der Waals surface area contributed by atoms with Gasteiger partial charge in [-0.3, -0.25) is 0 Å². The average Bonchev–Trinajstić information content (AvgIpc) is 2.01. The van der Waals surface area contributed by atoms with Crippen LogP contribution in [0.3, 0.4) is 0 Å². The van der Waals surface area contributed by atoms with Crippen LogP contribution in [0.4, 0.5) is 0 Å². The lowest BCUT2D eigenvalue weighted by molar-refractivity contribution is 0.114. The molecule has 0 aliphatic carbocycles. The zero-order valence-corrected chi connectivity index (χ0v) is 11.1. The van der Waals surface area contributed by atoms with Crippen molar-refractivity contribution in [3.63, 3.8) is 0 Å². The summed E-state index contributed by atoms with van der Waals surface area (Å²) in [4.78, 5) is 4.36. The summed E-state index contributed by atoms with van der Waals surface area (Å²) < 4.78 is 0. The molecule has 1 atom stereocenters. The highest BCUT2D eigenvalue weighted by Crippen LogP contribution is 2.42. The van der Waals surface area contributed by atoms with Gasteiger partial charge in [0.2, 0.25) is 0 Å². The maximum Gasteiger partial charge on any atom is 0.186 e. The minimum absolute atomic E-state index is 0.0903. The van der Waals surface area contributed by atoms with Gasteiger partial charge in [-0.05, 0) is 25.2 Å². The van der Waals surface area contributed by atoms with Gasteiger partial charge in [0, 0.05) is 0 Å². The lowest BCUT2D eigenvalue weighted by Gasteiger charge is -2.43. The summed E-state index contributed by atoms with van der Waals surface area (Å²) in [7, 11) is 0. The van der Waals surface area contributed by atoms with Crippen LogP contribution in [0.2, 0.25) is 0 Å². The third-order valence-electron chi connectivity index (χ3n) is 3.94. The summed E-state index contributed by atoms with van der Waals surface area (Å²) in [5.41, 5.74) is 10.8. The van der Waals surface area contributed by atoms with E-state index in [1.54, 1.807) is 0 Å². The number of hydrogen-bond donors (Lipinski definition) is 2. The van der Waals surface area contributed by atoms with E-state index in [-0.39, 0.29) is 16.9 Å². The first-order valence-electron chi connectivity index (χ1n) is 5.76. The Labute approximate surface area is 94.3 Å². The summed E-state index contributed by atoms with van der Waals surface area (Å²) in [5, 5.41) is 0. The molecule has 0 aromatic carbocycles. The zero-order valence-electron chi connectivity index (χ0n) is 11.1. The van der Waals surface area contributed by atoms with Gasteiger partial charge in [0.1, 0.15) is 0 Å². The second-order valence-electron chi connectivity index (χ2n) is 5.51. The van der Waals surface area contributed by atoms with Gasteiger partial charge in [0.05, 0.1) is 5.54 Å². The molecule has 0 aromatic rings. The molecule has 0 bridgehead atoms. The van der Waals surface area contributed by atoms with Crippen LogP contribution in [0, 0.1) is 11.3 Å². The van der Waals surface area contributed by atoms with E-state index < -0.39 is 0 Å². The molecule has 0 fully saturated rings. The molecule has 1 unspecified atom stereocenters. The molecular formula is C12H27N3. The standard InChI is InChI=1S/C12H27N3/c1-7-8-9(2)11(3,4)12(5,6)15-10(13)14/h9H,7-8H2,1-6H3,(H4,13,14,15). The lowest BCUT2D eigenvalue weighted by Crippen LogP contribution is -2.44. The van der Waals surface area contributed by atoms with Crippen LogP contribution in [0.25, 0.3) is 0 Å². The van der Waals surface area contributed by atoms with E-state index in [9.17, 15) is 0 Å². The van der Waals surface area contributed by atoms with Crippen molar-refractivity contribution in [1.29, 1.82) is 0 Å². The smallest absolute Gasteiger partial charge is 0.186 e. The average molecular weight is 213 g/mol. The maximum atomic E-state index is 5.48. The molecule has 0 aliphatic heterocycles. The summed E-state index contributed by atoms with van der Waals surface area (Å²) in [5.74, 6) is 0.775. The van der Waals surface area contributed by atoms with Crippen molar-refractivity contribution in [2.24, 2.45) is 27.8 Å². The first-order valence-corrected chi connectivity index (χ1v) is 5.76. The molecule has 0 amide bonds. The van der Waals surface area contributed by atoms with E-state index >= 15 is 0 Å². The van der Waals surface area contributed by atoms with Gasteiger partial charge in [-0.25, -0.2) is 4.99 Å². The Morgan fingerprint density at radius 2 is 1.67 bits per heavy atom. The molecule has 0 heterocycles. The highest BCUT2D eigenvalue weighted by Gasteiger charge is 2.40. The molecule has 3 nitrogen and oxygen atoms in total. The molecule has 0 saturated heterocycles. The number of rotatable bonds is 5. The van der Waals surface area contributed by atoms with Crippen LogP contribution in [-0.2, 0) is 0 Å². The topological polar surface area (TPSA) is 64.4 Å². The minimum Gasteiger partial charge on any atom is -0.370 e. The molecule has 0 spiro atoms.